The van der Waals surface area contributed by atoms with Gasteiger partial charge in [-0.15, -0.1) is 0 Å². The summed E-state index contributed by atoms with van der Waals surface area (Å²) in [5.74, 6) is -0.447. The summed E-state index contributed by atoms with van der Waals surface area (Å²) >= 11 is 0. The molecule has 0 aromatic rings. The molecule has 112 valence electrons. The SMILES string of the molecule is CC1CCCC(N(C)S(=O)(=O)N(C)CCC(=O)O)C1. The first kappa shape index (κ1) is 16.4. The van der Waals surface area contributed by atoms with Crippen LogP contribution in [0.2, 0.25) is 0 Å². The Morgan fingerprint density at radius 3 is 2.47 bits per heavy atom. The van der Waals surface area contributed by atoms with Gasteiger partial charge in [-0.2, -0.15) is 17.0 Å². The summed E-state index contributed by atoms with van der Waals surface area (Å²) in [6.07, 6.45) is 3.78. The Bertz CT molecular complexity index is 410. The van der Waals surface area contributed by atoms with Crippen LogP contribution >= 0.6 is 0 Å². The van der Waals surface area contributed by atoms with Crippen molar-refractivity contribution in [1.29, 1.82) is 0 Å². The molecule has 1 N–H and O–H groups in total. The second kappa shape index (κ2) is 6.67. The van der Waals surface area contributed by atoms with Gasteiger partial charge in [0, 0.05) is 26.7 Å². The molecule has 2 unspecified atom stereocenters. The first-order valence-corrected chi connectivity index (χ1v) is 8.06. The second-order valence-corrected chi connectivity index (χ2v) is 7.51. The van der Waals surface area contributed by atoms with Crippen molar-refractivity contribution < 1.29 is 18.3 Å². The lowest BCUT2D eigenvalue weighted by atomic mass is 9.87. The van der Waals surface area contributed by atoms with Crippen LogP contribution in [0.3, 0.4) is 0 Å². The van der Waals surface area contributed by atoms with Crippen LogP contribution in [0.1, 0.15) is 39.0 Å². The molecule has 0 spiro atoms. The van der Waals surface area contributed by atoms with E-state index < -0.39 is 16.2 Å². The number of aliphatic carboxylic acids is 1. The van der Waals surface area contributed by atoms with Gasteiger partial charge in [0.15, 0.2) is 0 Å². The van der Waals surface area contributed by atoms with Crippen molar-refractivity contribution in [2.75, 3.05) is 20.6 Å². The van der Waals surface area contributed by atoms with Gasteiger partial charge >= 0.3 is 5.97 Å². The number of carboxylic acid groups (broad SMARTS) is 1. The van der Waals surface area contributed by atoms with E-state index in [0.29, 0.717) is 5.92 Å². The highest BCUT2D eigenvalue weighted by Gasteiger charge is 2.32. The van der Waals surface area contributed by atoms with E-state index in [1.165, 1.54) is 11.4 Å². The Balaban J connectivity index is 2.67. The van der Waals surface area contributed by atoms with Crippen LogP contribution in [0.15, 0.2) is 0 Å². The molecule has 0 heterocycles. The Morgan fingerprint density at radius 2 is 1.95 bits per heavy atom. The molecule has 1 rings (SSSR count). The highest BCUT2D eigenvalue weighted by molar-refractivity contribution is 7.86. The average molecular weight is 292 g/mol. The van der Waals surface area contributed by atoms with Gasteiger partial charge in [0.25, 0.3) is 10.2 Å². The van der Waals surface area contributed by atoms with E-state index in [-0.39, 0.29) is 19.0 Å². The normalized spacial score (nSPS) is 24.9. The number of carboxylic acids is 1. The van der Waals surface area contributed by atoms with Crippen LogP contribution in [0.5, 0.6) is 0 Å². The predicted molar refractivity (Wildman–Crippen MR) is 73.0 cm³/mol. The molecule has 7 heteroatoms. The van der Waals surface area contributed by atoms with Crippen molar-refractivity contribution in [3.05, 3.63) is 0 Å². The molecule has 0 saturated heterocycles. The van der Waals surface area contributed by atoms with Crippen LogP contribution < -0.4 is 0 Å². The third kappa shape index (κ3) is 4.43. The molecule has 0 aromatic carbocycles. The number of nitrogens with zero attached hydrogens (tertiary/aromatic N) is 2. The molecule has 0 radical (unpaired) electrons. The minimum atomic E-state index is -3.55. The van der Waals surface area contributed by atoms with Crippen molar-refractivity contribution >= 4 is 16.2 Å². The topological polar surface area (TPSA) is 77.9 Å². The molecule has 19 heavy (non-hydrogen) atoms. The highest BCUT2D eigenvalue weighted by Crippen LogP contribution is 2.28. The first-order valence-electron chi connectivity index (χ1n) is 6.66. The van der Waals surface area contributed by atoms with Crippen molar-refractivity contribution in [3.8, 4) is 0 Å². The summed E-state index contributed by atoms with van der Waals surface area (Å²) in [7, 11) is -0.530. The molecule has 6 nitrogen and oxygen atoms in total. The van der Waals surface area contributed by atoms with E-state index in [9.17, 15) is 13.2 Å². The summed E-state index contributed by atoms with van der Waals surface area (Å²) in [5.41, 5.74) is 0. The maximum absolute atomic E-state index is 12.3. The Morgan fingerprint density at radius 1 is 1.32 bits per heavy atom. The molecule has 1 fully saturated rings. The van der Waals surface area contributed by atoms with Crippen molar-refractivity contribution in [2.45, 2.75) is 45.1 Å². The summed E-state index contributed by atoms with van der Waals surface area (Å²) in [5, 5.41) is 8.62. The van der Waals surface area contributed by atoms with E-state index in [2.05, 4.69) is 6.92 Å². The smallest absolute Gasteiger partial charge is 0.304 e. The fourth-order valence-corrected chi connectivity index (χ4v) is 3.84. The van der Waals surface area contributed by atoms with Crippen LogP contribution in [-0.4, -0.2) is 54.8 Å². The van der Waals surface area contributed by atoms with E-state index in [1.807, 2.05) is 0 Å². The predicted octanol–water partition coefficient (Wildman–Crippen LogP) is 1.15. The maximum Gasteiger partial charge on any atom is 0.304 e. The fourth-order valence-electron chi connectivity index (χ4n) is 2.51. The number of hydrogen-bond donors (Lipinski definition) is 1. The van der Waals surface area contributed by atoms with Gasteiger partial charge in [0.05, 0.1) is 6.42 Å². The van der Waals surface area contributed by atoms with E-state index >= 15 is 0 Å². The standard InChI is InChI=1S/C12H24N2O4S/c1-10-5-4-6-11(9-10)14(3)19(17,18)13(2)8-7-12(15)16/h10-11H,4-9H2,1-3H3,(H,15,16). The Kier molecular flexibility index (Phi) is 5.76. The van der Waals surface area contributed by atoms with E-state index in [1.54, 1.807) is 7.05 Å². The number of hydrogen-bond acceptors (Lipinski definition) is 3. The lowest BCUT2D eigenvalue weighted by Crippen LogP contribution is -2.46. The molecule has 0 amide bonds. The molecular formula is C12H24N2O4S. The van der Waals surface area contributed by atoms with Crippen LogP contribution in [0, 0.1) is 5.92 Å². The molecule has 0 aliphatic heterocycles. The largest absolute Gasteiger partial charge is 0.481 e. The lowest BCUT2D eigenvalue weighted by Gasteiger charge is -2.35. The maximum atomic E-state index is 12.3. The quantitative estimate of drug-likeness (QED) is 0.796. The van der Waals surface area contributed by atoms with E-state index in [0.717, 1.165) is 30.0 Å². The van der Waals surface area contributed by atoms with Crippen molar-refractivity contribution in [1.82, 2.24) is 8.61 Å². The zero-order chi connectivity index (χ0) is 14.6. The summed E-state index contributed by atoms with van der Waals surface area (Å²) in [4.78, 5) is 10.5. The second-order valence-electron chi connectivity index (χ2n) is 5.41. The van der Waals surface area contributed by atoms with Gasteiger partial charge in [-0.25, -0.2) is 0 Å². The fraction of sp³-hybridized carbons (Fsp3) is 0.917. The van der Waals surface area contributed by atoms with Crippen molar-refractivity contribution in [3.63, 3.8) is 0 Å². The van der Waals surface area contributed by atoms with Crippen molar-refractivity contribution in [2.24, 2.45) is 5.92 Å². The average Bonchev–Trinajstić information content (AvgIpc) is 2.34. The Hall–Kier alpha value is -0.660. The minimum absolute atomic E-state index is 0.00425. The monoisotopic (exact) mass is 292 g/mol. The van der Waals surface area contributed by atoms with Gasteiger partial charge in [-0.1, -0.05) is 19.8 Å². The van der Waals surface area contributed by atoms with Gasteiger partial charge in [-0.3, -0.25) is 4.79 Å². The zero-order valence-corrected chi connectivity index (χ0v) is 12.7. The third-order valence-corrected chi connectivity index (χ3v) is 5.82. The molecule has 2 atom stereocenters. The third-order valence-electron chi connectivity index (χ3n) is 3.82. The van der Waals surface area contributed by atoms with Gasteiger partial charge in [-0.05, 0) is 18.8 Å². The van der Waals surface area contributed by atoms with E-state index in [4.69, 9.17) is 5.11 Å². The lowest BCUT2D eigenvalue weighted by molar-refractivity contribution is -0.137. The molecule has 1 saturated carbocycles. The van der Waals surface area contributed by atoms with Crippen LogP contribution in [0.25, 0.3) is 0 Å². The highest BCUT2D eigenvalue weighted by atomic mass is 32.2. The molecule has 0 aromatic heterocycles. The van der Waals surface area contributed by atoms with Crippen LogP contribution in [-0.2, 0) is 15.0 Å². The van der Waals surface area contributed by atoms with Gasteiger partial charge in [0.1, 0.15) is 0 Å². The first-order chi connectivity index (χ1) is 8.75. The Labute approximate surface area is 115 Å². The summed E-state index contributed by atoms with van der Waals surface area (Å²) < 4.78 is 27.1. The molecule has 1 aliphatic rings. The minimum Gasteiger partial charge on any atom is -0.481 e. The molecule has 0 bridgehead atoms. The number of rotatable bonds is 6. The van der Waals surface area contributed by atoms with Crippen LogP contribution in [0.4, 0.5) is 0 Å². The summed E-state index contributed by atoms with van der Waals surface area (Å²) in [6.45, 7) is 2.14. The molecular weight excluding hydrogens is 268 g/mol. The zero-order valence-electron chi connectivity index (χ0n) is 11.9. The van der Waals surface area contributed by atoms with Gasteiger partial charge < -0.3 is 5.11 Å². The van der Waals surface area contributed by atoms with Gasteiger partial charge in [0.2, 0.25) is 0 Å². The summed E-state index contributed by atoms with van der Waals surface area (Å²) in [6, 6.07) is 0.0287. The molecule has 1 aliphatic carbocycles. The number of carbonyl (C=O) groups is 1.